The van der Waals surface area contributed by atoms with E-state index >= 15 is 0 Å². The van der Waals surface area contributed by atoms with Gasteiger partial charge < -0.3 is 15.5 Å². The maximum Gasteiger partial charge on any atom is 0.220 e. The number of unbranched alkanes of at least 4 members (excludes halogenated alkanes) is 24. The third kappa shape index (κ3) is 51.8. The summed E-state index contributed by atoms with van der Waals surface area (Å²) in [4.78, 5) is 12.5. The second kappa shape index (κ2) is 56.1. The topological polar surface area (TPSA) is 69.6 Å². The fourth-order valence-corrected chi connectivity index (χ4v) is 7.74. The van der Waals surface area contributed by atoms with Gasteiger partial charge >= 0.3 is 0 Å². The molecule has 1 amide bonds. The van der Waals surface area contributed by atoms with Crippen LogP contribution in [0.2, 0.25) is 0 Å². The van der Waals surface area contributed by atoms with E-state index in [0.717, 1.165) is 83.5 Å². The SMILES string of the molecule is CC/C=C\C/C=C\C/C=C\C/C=C\C/C=C\C/C=C\C/C=C\C/C=C\CCCCCCCCCCCCCCC(=O)NC(CO)C(O)/C=C/CC/C=C/CCCCCCCCCCCCC. The van der Waals surface area contributed by atoms with E-state index in [1.165, 1.54) is 141 Å². The van der Waals surface area contributed by atoms with Gasteiger partial charge in [0.2, 0.25) is 5.91 Å². The molecule has 2 atom stereocenters. The molecule has 0 saturated heterocycles. The molecule has 0 aliphatic carbocycles. The van der Waals surface area contributed by atoms with Crippen LogP contribution in [0.15, 0.2) is 122 Å². The van der Waals surface area contributed by atoms with Gasteiger partial charge in [0, 0.05) is 6.42 Å². The summed E-state index contributed by atoms with van der Waals surface area (Å²) in [5.74, 6) is -0.0802. The standard InChI is InChI=1S/C62H105NO3/c1-3-5-7-9-11-13-15-17-19-21-22-23-24-25-26-27-28-29-30-31-32-33-34-35-36-37-38-39-40-42-44-46-48-50-52-54-56-58-62(66)63-60(59-64)61(65)57-55-53-51-49-47-45-43-41-20-18-16-14-12-10-8-6-4-2/h5,7,11,13,17,19,22-23,25-26,28-29,31-32,34-35,47,49,55,57,60-61,64-65H,3-4,6,8-10,12,14-16,18,20-21,24,27,30,33,36-46,48,50-54,56,58-59H2,1-2H3,(H,63,66)/b7-5-,13-11-,19-17-,23-22-,26-25-,29-28-,32-31-,35-34-,49-47+,57-55+. The maximum absolute atomic E-state index is 12.5. The molecular formula is C62H105NO3. The number of hydrogen-bond donors (Lipinski definition) is 3. The number of aliphatic hydroxyl groups is 2. The summed E-state index contributed by atoms with van der Waals surface area (Å²) in [6, 6.07) is -0.647. The minimum Gasteiger partial charge on any atom is -0.394 e. The molecule has 0 bridgehead atoms. The summed E-state index contributed by atoms with van der Waals surface area (Å²) in [5.41, 5.74) is 0. The Bertz CT molecular complexity index is 1310. The second-order valence-corrected chi connectivity index (χ2v) is 18.3. The van der Waals surface area contributed by atoms with E-state index in [-0.39, 0.29) is 12.5 Å². The molecule has 0 rings (SSSR count). The molecule has 2 unspecified atom stereocenters. The molecular weight excluding hydrogens is 807 g/mol. The van der Waals surface area contributed by atoms with Crippen molar-refractivity contribution in [2.24, 2.45) is 0 Å². The highest BCUT2D eigenvalue weighted by atomic mass is 16.3. The van der Waals surface area contributed by atoms with Gasteiger partial charge in [-0.25, -0.2) is 0 Å². The van der Waals surface area contributed by atoms with E-state index in [1.807, 2.05) is 6.08 Å². The van der Waals surface area contributed by atoms with Gasteiger partial charge in [-0.15, -0.1) is 0 Å². The largest absolute Gasteiger partial charge is 0.394 e. The Balaban J connectivity index is 3.60. The van der Waals surface area contributed by atoms with Crippen molar-refractivity contribution in [3.8, 4) is 0 Å². The van der Waals surface area contributed by atoms with Gasteiger partial charge in [-0.1, -0.05) is 264 Å². The lowest BCUT2D eigenvalue weighted by molar-refractivity contribution is -0.123. The number of nitrogens with one attached hydrogen (secondary N) is 1. The number of aliphatic hydroxyl groups excluding tert-OH is 2. The van der Waals surface area contributed by atoms with E-state index in [0.29, 0.717) is 6.42 Å². The number of amides is 1. The average Bonchev–Trinajstić information content (AvgIpc) is 3.32. The van der Waals surface area contributed by atoms with Crippen LogP contribution in [0.1, 0.15) is 245 Å². The van der Waals surface area contributed by atoms with Gasteiger partial charge in [-0.2, -0.15) is 0 Å². The molecule has 4 nitrogen and oxygen atoms in total. The Hall–Kier alpha value is -3.21. The molecule has 3 N–H and O–H groups in total. The Labute approximate surface area is 409 Å². The van der Waals surface area contributed by atoms with Crippen LogP contribution in [0.4, 0.5) is 0 Å². The van der Waals surface area contributed by atoms with Crippen LogP contribution in [-0.2, 0) is 4.79 Å². The van der Waals surface area contributed by atoms with Crippen molar-refractivity contribution in [1.29, 1.82) is 0 Å². The predicted molar refractivity (Wildman–Crippen MR) is 294 cm³/mol. The first kappa shape index (κ1) is 62.8. The third-order valence-electron chi connectivity index (χ3n) is 11.9. The Kier molecular flexibility index (Phi) is 53.4. The van der Waals surface area contributed by atoms with Crippen molar-refractivity contribution in [3.63, 3.8) is 0 Å². The maximum atomic E-state index is 12.5. The number of hydrogen-bond acceptors (Lipinski definition) is 3. The lowest BCUT2D eigenvalue weighted by atomic mass is 10.0. The van der Waals surface area contributed by atoms with Crippen LogP contribution in [0.25, 0.3) is 0 Å². The highest BCUT2D eigenvalue weighted by Crippen LogP contribution is 2.15. The van der Waals surface area contributed by atoms with E-state index in [9.17, 15) is 15.0 Å². The van der Waals surface area contributed by atoms with Crippen molar-refractivity contribution in [3.05, 3.63) is 122 Å². The Morgan fingerprint density at radius 2 is 0.682 bits per heavy atom. The molecule has 0 spiro atoms. The first-order chi connectivity index (χ1) is 32.7. The first-order valence-electron chi connectivity index (χ1n) is 27.7. The molecule has 0 fully saturated rings. The van der Waals surface area contributed by atoms with E-state index in [2.05, 4.69) is 129 Å². The summed E-state index contributed by atoms with van der Waals surface area (Å²) >= 11 is 0. The van der Waals surface area contributed by atoms with Crippen LogP contribution < -0.4 is 5.32 Å². The van der Waals surface area contributed by atoms with Gasteiger partial charge in [0.25, 0.3) is 0 Å². The van der Waals surface area contributed by atoms with Gasteiger partial charge in [0.05, 0.1) is 18.8 Å². The first-order valence-corrected chi connectivity index (χ1v) is 27.7. The molecule has 376 valence electrons. The molecule has 0 aliphatic rings. The van der Waals surface area contributed by atoms with E-state index in [4.69, 9.17) is 0 Å². The molecule has 4 heteroatoms. The van der Waals surface area contributed by atoms with Crippen molar-refractivity contribution in [2.45, 2.75) is 257 Å². The summed E-state index contributed by atoms with van der Waals surface area (Å²) in [6.07, 6.45) is 86.3. The van der Waals surface area contributed by atoms with Gasteiger partial charge in [-0.3, -0.25) is 4.79 Å². The monoisotopic (exact) mass is 912 g/mol. The van der Waals surface area contributed by atoms with Crippen molar-refractivity contribution >= 4 is 5.91 Å². The van der Waals surface area contributed by atoms with E-state index < -0.39 is 12.1 Å². The molecule has 0 saturated carbocycles. The number of carbonyl (C=O) groups excluding carboxylic acids is 1. The number of carbonyl (C=O) groups is 1. The smallest absolute Gasteiger partial charge is 0.220 e. The van der Waals surface area contributed by atoms with Crippen LogP contribution in [0.3, 0.4) is 0 Å². The number of allylic oxidation sites excluding steroid dienone is 19. The quantitative estimate of drug-likeness (QED) is 0.0421. The van der Waals surface area contributed by atoms with Crippen LogP contribution in [0, 0.1) is 0 Å². The zero-order chi connectivity index (χ0) is 47.7. The lowest BCUT2D eigenvalue weighted by Crippen LogP contribution is -2.45. The van der Waals surface area contributed by atoms with E-state index in [1.54, 1.807) is 6.08 Å². The molecule has 0 heterocycles. The van der Waals surface area contributed by atoms with Crippen molar-refractivity contribution in [1.82, 2.24) is 5.32 Å². The third-order valence-corrected chi connectivity index (χ3v) is 11.9. The summed E-state index contributed by atoms with van der Waals surface area (Å²) < 4.78 is 0. The minimum absolute atomic E-state index is 0.0802. The summed E-state index contributed by atoms with van der Waals surface area (Å²) in [5, 5.41) is 23.1. The number of rotatable bonds is 49. The molecule has 0 aromatic carbocycles. The fraction of sp³-hybridized carbons (Fsp3) is 0.661. The molecule has 0 radical (unpaired) electrons. The molecule has 0 aromatic heterocycles. The van der Waals surface area contributed by atoms with Crippen LogP contribution in [0.5, 0.6) is 0 Å². The minimum atomic E-state index is -0.870. The van der Waals surface area contributed by atoms with Gasteiger partial charge in [0.15, 0.2) is 0 Å². The second-order valence-electron chi connectivity index (χ2n) is 18.3. The highest BCUT2D eigenvalue weighted by Gasteiger charge is 2.17. The molecule has 0 aromatic rings. The normalized spacial score (nSPS) is 13.8. The lowest BCUT2D eigenvalue weighted by Gasteiger charge is -2.19. The van der Waals surface area contributed by atoms with Gasteiger partial charge in [0.1, 0.15) is 0 Å². The zero-order valence-corrected chi connectivity index (χ0v) is 43.2. The summed E-state index contributed by atoms with van der Waals surface area (Å²) in [7, 11) is 0. The summed E-state index contributed by atoms with van der Waals surface area (Å²) in [6.45, 7) is 4.18. The zero-order valence-electron chi connectivity index (χ0n) is 43.2. The van der Waals surface area contributed by atoms with Crippen LogP contribution >= 0.6 is 0 Å². The molecule has 66 heavy (non-hydrogen) atoms. The average molecular weight is 913 g/mol. The van der Waals surface area contributed by atoms with Crippen molar-refractivity contribution in [2.75, 3.05) is 6.61 Å². The Morgan fingerprint density at radius 1 is 0.379 bits per heavy atom. The van der Waals surface area contributed by atoms with Crippen molar-refractivity contribution < 1.29 is 15.0 Å². The highest BCUT2D eigenvalue weighted by molar-refractivity contribution is 5.76. The fourth-order valence-electron chi connectivity index (χ4n) is 7.74. The Morgan fingerprint density at radius 3 is 1.06 bits per heavy atom. The van der Waals surface area contributed by atoms with Gasteiger partial charge in [-0.05, 0) is 96.3 Å². The molecule has 0 aliphatic heterocycles. The van der Waals surface area contributed by atoms with Crippen LogP contribution in [-0.4, -0.2) is 34.9 Å². The predicted octanol–water partition coefficient (Wildman–Crippen LogP) is 18.5.